The molecule has 1 N–H and O–H groups in total. The van der Waals surface area contributed by atoms with Crippen molar-refractivity contribution in [3.63, 3.8) is 0 Å². The molecule has 0 unspecified atom stereocenters. The highest BCUT2D eigenvalue weighted by Crippen LogP contribution is 2.31. The molecule has 7 heteroatoms. The number of Topliss-reactive ketones (excluding diaryl/α,β-unsaturated/α-hetero) is 1. The average molecular weight is 332 g/mol. The summed E-state index contributed by atoms with van der Waals surface area (Å²) in [4.78, 5) is 37.1. The van der Waals surface area contributed by atoms with Crippen LogP contribution in [-0.4, -0.2) is 54.6 Å². The van der Waals surface area contributed by atoms with E-state index in [-0.39, 0.29) is 5.78 Å². The Morgan fingerprint density at radius 2 is 1.62 bits per heavy atom. The van der Waals surface area contributed by atoms with Crippen molar-refractivity contribution in [2.75, 3.05) is 31.6 Å². The van der Waals surface area contributed by atoms with Gasteiger partial charge in [0.2, 0.25) is 0 Å². The number of carbonyl (C=O) groups is 3. The van der Waals surface area contributed by atoms with Gasteiger partial charge in [-0.2, -0.15) is 0 Å². The lowest BCUT2D eigenvalue weighted by Gasteiger charge is -2.37. The third-order valence-corrected chi connectivity index (χ3v) is 4.37. The number of amides is 2. The van der Waals surface area contributed by atoms with E-state index in [9.17, 15) is 14.4 Å². The monoisotopic (exact) mass is 332 g/mol. The summed E-state index contributed by atoms with van der Waals surface area (Å²) in [5.41, 5.74) is 1.03. The molecule has 3 rings (SSSR count). The highest BCUT2D eigenvalue weighted by atomic mass is 16.7. The lowest BCUT2D eigenvalue weighted by molar-refractivity contribution is -0.187. The number of ketones is 1. The molecule has 7 nitrogen and oxygen atoms in total. The van der Waals surface area contributed by atoms with Crippen molar-refractivity contribution in [2.45, 2.75) is 25.6 Å². The van der Waals surface area contributed by atoms with E-state index in [2.05, 4.69) is 5.32 Å². The van der Waals surface area contributed by atoms with E-state index in [0.717, 1.165) is 0 Å². The molecule has 0 aliphatic carbocycles. The fourth-order valence-corrected chi connectivity index (χ4v) is 2.95. The maximum Gasteiger partial charge on any atom is 0.313 e. The van der Waals surface area contributed by atoms with E-state index in [1.54, 1.807) is 24.3 Å². The molecule has 128 valence electrons. The molecule has 2 aliphatic rings. The fraction of sp³-hybridized carbons (Fsp3) is 0.471. The average Bonchev–Trinajstić information content (AvgIpc) is 3.03. The number of benzene rings is 1. The van der Waals surface area contributed by atoms with Crippen LogP contribution in [-0.2, 0) is 19.1 Å². The zero-order chi connectivity index (χ0) is 17.2. The summed E-state index contributed by atoms with van der Waals surface area (Å²) in [6, 6.07) is 6.43. The van der Waals surface area contributed by atoms with Crippen LogP contribution in [0.25, 0.3) is 0 Å². The van der Waals surface area contributed by atoms with Gasteiger partial charge < -0.3 is 19.7 Å². The van der Waals surface area contributed by atoms with Gasteiger partial charge in [0.15, 0.2) is 11.6 Å². The van der Waals surface area contributed by atoms with Crippen molar-refractivity contribution in [3.8, 4) is 0 Å². The third kappa shape index (κ3) is 3.47. The van der Waals surface area contributed by atoms with Gasteiger partial charge in [0.25, 0.3) is 0 Å². The number of hydrogen-bond donors (Lipinski definition) is 1. The zero-order valence-electron chi connectivity index (χ0n) is 13.5. The van der Waals surface area contributed by atoms with Crippen LogP contribution >= 0.6 is 0 Å². The van der Waals surface area contributed by atoms with Crippen molar-refractivity contribution in [1.82, 2.24) is 4.90 Å². The quantitative estimate of drug-likeness (QED) is 0.650. The lowest BCUT2D eigenvalue weighted by Crippen LogP contribution is -2.50. The van der Waals surface area contributed by atoms with Crippen molar-refractivity contribution < 1.29 is 23.9 Å². The highest BCUT2D eigenvalue weighted by Gasteiger charge is 2.41. The van der Waals surface area contributed by atoms with E-state index in [1.807, 2.05) is 0 Å². The molecular formula is C17H20N2O5. The van der Waals surface area contributed by atoms with E-state index in [4.69, 9.17) is 9.47 Å². The minimum atomic E-state index is -0.685. The van der Waals surface area contributed by atoms with Gasteiger partial charge in [-0.3, -0.25) is 14.4 Å². The molecule has 0 saturated carbocycles. The van der Waals surface area contributed by atoms with Crippen molar-refractivity contribution in [2.24, 2.45) is 0 Å². The molecule has 1 spiro atoms. The Hall–Kier alpha value is -2.25. The van der Waals surface area contributed by atoms with Gasteiger partial charge in [0, 0.05) is 37.2 Å². The number of nitrogens with one attached hydrogen (secondary N) is 1. The van der Waals surface area contributed by atoms with Gasteiger partial charge in [0.1, 0.15) is 0 Å². The number of likely N-dealkylation sites (tertiary alicyclic amines) is 1. The lowest BCUT2D eigenvalue weighted by atomic mass is 10.0. The predicted molar refractivity (Wildman–Crippen MR) is 85.5 cm³/mol. The third-order valence-electron chi connectivity index (χ3n) is 4.37. The first-order valence-corrected chi connectivity index (χ1v) is 7.98. The minimum absolute atomic E-state index is 0.0532. The smallest absolute Gasteiger partial charge is 0.313 e. The number of carbonyl (C=O) groups excluding carboxylic acids is 3. The number of anilines is 1. The van der Waals surface area contributed by atoms with Crippen LogP contribution in [0.4, 0.5) is 5.69 Å². The van der Waals surface area contributed by atoms with Crippen LogP contribution in [0, 0.1) is 0 Å². The van der Waals surface area contributed by atoms with Gasteiger partial charge >= 0.3 is 11.8 Å². The normalized spacial score (nSPS) is 19.3. The Morgan fingerprint density at radius 1 is 1.04 bits per heavy atom. The number of ether oxygens (including phenoxy) is 2. The topological polar surface area (TPSA) is 84.9 Å². The van der Waals surface area contributed by atoms with Crippen LogP contribution in [0.1, 0.15) is 30.1 Å². The maximum absolute atomic E-state index is 12.3. The summed E-state index contributed by atoms with van der Waals surface area (Å²) in [5, 5.41) is 2.56. The number of piperidine rings is 1. The van der Waals surface area contributed by atoms with Crippen LogP contribution < -0.4 is 5.32 Å². The summed E-state index contributed by atoms with van der Waals surface area (Å²) in [7, 11) is 0. The Bertz CT molecular complexity index is 639. The summed E-state index contributed by atoms with van der Waals surface area (Å²) in [5.74, 6) is -1.88. The summed E-state index contributed by atoms with van der Waals surface area (Å²) in [6.07, 6.45) is 1.14. The number of rotatable bonds is 2. The molecule has 2 heterocycles. The van der Waals surface area contributed by atoms with Gasteiger partial charge in [-0.1, -0.05) is 0 Å². The summed E-state index contributed by atoms with van der Waals surface area (Å²) < 4.78 is 11.2. The second-order valence-electron chi connectivity index (χ2n) is 5.99. The van der Waals surface area contributed by atoms with Gasteiger partial charge in [-0.15, -0.1) is 0 Å². The molecule has 0 radical (unpaired) electrons. The molecule has 1 aromatic carbocycles. The minimum Gasteiger partial charge on any atom is -0.347 e. The van der Waals surface area contributed by atoms with E-state index in [0.29, 0.717) is 50.4 Å². The molecule has 2 fully saturated rings. The SMILES string of the molecule is CC(=O)c1ccc(NC(=O)C(=O)N2CCC3(CC2)OCCO3)cc1. The maximum atomic E-state index is 12.3. The van der Waals surface area contributed by atoms with Gasteiger partial charge in [-0.25, -0.2) is 0 Å². The van der Waals surface area contributed by atoms with E-state index >= 15 is 0 Å². The molecule has 0 aromatic heterocycles. The predicted octanol–water partition coefficient (Wildman–Crippen LogP) is 1.19. The Balaban J connectivity index is 1.55. The molecule has 2 amide bonds. The molecule has 0 atom stereocenters. The zero-order valence-corrected chi connectivity index (χ0v) is 13.5. The fourth-order valence-electron chi connectivity index (χ4n) is 2.95. The summed E-state index contributed by atoms with van der Waals surface area (Å²) in [6.45, 7) is 3.47. The van der Waals surface area contributed by atoms with Crippen molar-refractivity contribution in [1.29, 1.82) is 0 Å². The molecule has 1 aromatic rings. The van der Waals surface area contributed by atoms with E-state index < -0.39 is 17.6 Å². The first kappa shape index (κ1) is 16.6. The number of hydrogen-bond acceptors (Lipinski definition) is 5. The number of nitrogens with zero attached hydrogens (tertiary/aromatic N) is 1. The van der Waals surface area contributed by atoms with Crippen LogP contribution in [0.2, 0.25) is 0 Å². The Labute approximate surface area is 139 Å². The second kappa shape index (κ2) is 6.70. The van der Waals surface area contributed by atoms with Gasteiger partial charge in [0.05, 0.1) is 13.2 Å². The van der Waals surface area contributed by atoms with Crippen LogP contribution in [0.3, 0.4) is 0 Å². The molecule has 24 heavy (non-hydrogen) atoms. The first-order valence-electron chi connectivity index (χ1n) is 7.98. The standard InChI is InChI=1S/C17H20N2O5/c1-12(20)13-2-4-14(5-3-13)18-15(21)16(22)19-8-6-17(7-9-19)23-10-11-24-17/h2-5H,6-11H2,1H3,(H,18,21). The summed E-state index contributed by atoms with van der Waals surface area (Å²) >= 11 is 0. The molecular weight excluding hydrogens is 312 g/mol. The molecule has 2 aliphatic heterocycles. The van der Waals surface area contributed by atoms with E-state index in [1.165, 1.54) is 11.8 Å². The van der Waals surface area contributed by atoms with Crippen molar-refractivity contribution >= 4 is 23.3 Å². The molecule has 0 bridgehead atoms. The van der Waals surface area contributed by atoms with Crippen LogP contribution in [0.15, 0.2) is 24.3 Å². The van der Waals surface area contributed by atoms with Crippen molar-refractivity contribution in [3.05, 3.63) is 29.8 Å². The largest absolute Gasteiger partial charge is 0.347 e. The molecule has 2 saturated heterocycles. The Kier molecular flexibility index (Phi) is 4.64. The Morgan fingerprint density at radius 3 is 2.17 bits per heavy atom. The van der Waals surface area contributed by atoms with Gasteiger partial charge in [-0.05, 0) is 31.2 Å². The van der Waals surface area contributed by atoms with Crippen LogP contribution in [0.5, 0.6) is 0 Å². The highest BCUT2D eigenvalue weighted by molar-refractivity contribution is 6.39. The first-order chi connectivity index (χ1) is 11.5. The second-order valence-corrected chi connectivity index (χ2v) is 5.99.